The number of rotatable bonds is 10. The second-order valence-corrected chi connectivity index (χ2v) is 9.00. The lowest BCUT2D eigenvalue weighted by molar-refractivity contribution is -0.123. The highest BCUT2D eigenvalue weighted by atomic mass is 16.3. The van der Waals surface area contributed by atoms with E-state index in [0.717, 1.165) is 11.1 Å². The summed E-state index contributed by atoms with van der Waals surface area (Å²) in [7, 11) is 1.91. The van der Waals surface area contributed by atoms with E-state index in [1.165, 1.54) is 5.56 Å². The summed E-state index contributed by atoms with van der Waals surface area (Å²) in [5, 5.41) is 14.4. The van der Waals surface area contributed by atoms with E-state index >= 15 is 0 Å². The average Bonchev–Trinajstić information content (AvgIpc) is 2.92. The molecule has 3 aromatic carbocycles. The van der Waals surface area contributed by atoms with Crippen molar-refractivity contribution in [2.45, 2.75) is 19.5 Å². The maximum absolute atomic E-state index is 12.4. The first-order chi connectivity index (χ1) is 18.3. The Morgan fingerprint density at radius 2 is 1.50 bits per heavy atom. The Hall–Kier alpha value is -4.29. The smallest absolute Gasteiger partial charge is 0.251 e. The highest BCUT2D eigenvalue weighted by Crippen LogP contribution is 2.11. The lowest BCUT2D eigenvalue weighted by Gasteiger charge is -2.16. The van der Waals surface area contributed by atoms with Gasteiger partial charge in [-0.25, -0.2) is 0 Å². The fourth-order valence-electron chi connectivity index (χ4n) is 3.62. The molecule has 5 N–H and O–H groups in total. The number of ketones is 1. The minimum Gasteiger partial charge on any atom is -0.388 e. The Kier molecular flexibility index (Phi) is 10.3. The molecular formula is C30H32N4O4. The third kappa shape index (κ3) is 8.68. The number of hydrogen-bond donors (Lipinski definition) is 4. The first kappa shape index (κ1) is 28.3. The van der Waals surface area contributed by atoms with Crippen molar-refractivity contribution in [2.24, 2.45) is 5.73 Å². The zero-order valence-electron chi connectivity index (χ0n) is 21.5. The van der Waals surface area contributed by atoms with Crippen LogP contribution in [0, 0.1) is 18.8 Å². The Morgan fingerprint density at radius 1 is 0.921 bits per heavy atom. The van der Waals surface area contributed by atoms with Crippen LogP contribution in [-0.2, 0) is 16.1 Å². The highest BCUT2D eigenvalue weighted by Gasteiger charge is 2.18. The van der Waals surface area contributed by atoms with Crippen molar-refractivity contribution in [1.82, 2.24) is 10.2 Å². The molecule has 0 radical (unpaired) electrons. The molecule has 2 amide bonds. The van der Waals surface area contributed by atoms with Crippen molar-refractivity contribution in [3.63, 3.8) is 0 Å². The van der Waals surface area contributed by atoms with Gasteiger partial charge in [-0.15, -0.1) is 0 Å². The molecule has 0 bridgehead atoms. The van der Waals surface area contributed by atoms with Gasteiger partial charge < -0.3 is 21.5 Å². The van der Waals surface area contributed by atoms with Gasteiger partial charge in [0.1, 0.15) is 12.6 Å². The lowest BCUT2D eigenvalue weighted by atomic mass is 10.1. The molecule has 0 saturated heterocycles. The molecule has 8 heteroatoms. The lowest BCUT2D eigenvalue weighted by Crippen LogP contribution is -2.46. The number of aliphatic hydroxyl groups excluding tert-OH is 1. The van der Waals surface area contributed by atoms with Crippen molar-refractivity contribution in [3.8, 4) is 11.8 Å². The van der Waals surface area contributed by atoms with Gasteiger partial charge in [-0.1, -0.05) is 41.7 Å². The molecule has 0 spiro atoms. The summed E-state index contributed by atoms with van der Waals surface area (Å²) < 4.78 is 0. The molecule has 3 rings (SSSR count). The van der Waals surface area contributed by atoms with Gasteiger partial charge in [0.15, 0.2) is 5.78 Å². The number of aryl methyl sites for hydroxylation is 1. The number of carbonyl (C=O) groups excluding carboxylic acids is 3. The number of nitrogens with two attached hydrogens (primary N) is 1. The first-order valence-corrected chi connectivity index (χ1v) is 12.2. The van der Waals surface area contributed by atoms with E-state index in [0.29, 0.717) is 23.4 Å². The Morgan fingerprint density at radius 3 is 2.05 bits per heavy atom. The summed E-state index contributed by atoms with van der Waals surface area (Å²) in [5.41, 5.74) is 10.4. The predicted molar refractivity (Wildman–Crippen MR) is 147 cm³/mol. The Bertz CT molecular complexity index is 1310. The number of likely N-dealkylation sites (N-methyl/N-ethyl adjacent to an activating group) is 1. The van der Waals surface area contributed by atoms with E-state index in [2.05, 4.69) is 46.7 Å². The van der Waals surface area contributed by atoms with Gasteiger partial charge in [0.25, 0.3) is 5.91 Å². The standard InChI is InChI=1S/C30H32N4O4/c1-21-3-5-24(6-4-21)18-34(2)19-29(37)32-26-15-11-23(12-16-26)8-7-22-9-13-25(14-10-22)30(38)33-27(17-31)28(36)20-35/h3-6,9-16,27,35H,17-20,31H2,1-2H3,(H,32,37)(H,33,38)/t27-/m0/s1. The minimum absolute atomic E-state index is 0.0950. The average molecular weight is 513 g/mol. The zero-order valence-corrected chi connectivity index (χ0v) is 21.5. The van der Waals surface area contributed by atoms with Crippen LogP contribution < -0.4 is 16.4 Å². The summed E-state index contributed by atoms with van der Waals surface area (Å²) in [5.74, 6) is 5.00. The van der Waals surface area contributed by atoms with Gasteiger partial charge in [-0.3, -0.25) is 19.3 Å². The normalized spacial score (nSPS) is 11.3. The largest absolute Gasteiger partial charge is 0.388 e. The van der Waals surface area contributed by atoms with Gasteiger partial charge in [0.05, 0.1) is 6.54 Å². The molecule has 0 aliphatic carbocycles. The Balaban J connectivity index is 1.51. The fraction of sp³-hybridized carbons (Fsp3) is 0.233. The van der Waals surface area contributed by atoms with Crippen LogP contribution in [0.1, 0.15) is 32.6 Å². The van der Waals surface area contributed by atoms with Crippen LogP contribution >= 0.6 is 0 Å². The number of nitrogens with zero attached hydrogens (tertiary/aromatic N) is 1. The topological polar surface area (TPSA) is 125 Å². The van der Waals surface area contributed by atoms with Crippen molar-refractivity contribution in [3.05, 3.63) is 101 Å². The van der Waals surface area contributed by atoms with Gasteiger partial charge in [-0.05, 0) is 68.1 Å². The number of benzene rings is 3. The summed E-state index contributed by atoms with van der Waals surface area (Å²) >= 11 is 0. The Labute approximate surface area is 222 Å². The van der Waals surface area contributed by atoms with Crippen LogP contribution in [0.15, 0.2) is 72.8 Å². The number of Topliss-reactive ketones (excluding diaryl/α,β-unsaturated/α-hetero) is 1. The SMILES string of the molecule is Cc1ccc(CN(C)CC(=O)Nc2ccc(C#Cc3ccc(C(=O)N[C@@H](CN)C(=O)CO)cc3)cc2)cc1. The van der Waals surface area contributed by atoms with E-state index < -0.39 is 24.3 Å². The fourth-order valence-corrected chi connectivity index (χ4v) is 3.62. The van der Waals surface area contributed by atoms with Crippen LogP contribution in [0.4, 0.5) is 5.69 Å². The van der Waals surface area contributed by atoms with Gasteiger partial charge in [-0.2, -0.15) is 0 Å². The van der Waals surface area contributed by atoms with Gasteiger partial charge in [0, 0.05) is 35.5 Å². The molecule has 8 nitrogen and oxygen atoms in total. The number of amides is 2. The van der Waals surface area contributed by atoms with E-state index in [-0.39, 0.29) is 19.0 Å². The van der Waals surface area contributed by atoms with E-state index in [1.54, 1.807) is 36.4 Å². The minimum atomic E-state index is -0.931. The van der Waals surface area contributed by atoms with Gasteiger partial charge >= 0.3 is 0 Å². The van der Waals surface area contributed by atoms with E-state index in [4.69, 9.17) is 10.8 Å². The molecular weight excluding hydrogens is 480 g/mol. The second-order valence-electron chi connectivity index (χ2n) is 9.00. The van der Waals surface area contributed by atoms with Crippen molar-refractivity contribution >= 4 is 23.3 Å². The molecule has 3 aromatic rings. The van der Waals surface area contributed by atoms with Crippen molar-refractivity contribution < 1.29 is 19.5 Å². The first-order valence-electron chi connectivity index (χ1n) is 12.2. The molecule has 1 atom stereocenters. The maximum Gasteiger partial charge on any atom is 0.251 e. The predicted octanol–water partition coefficient (Wildman–Crippen LogP) is 2.08. The third-order valence-electron chi connectivity index (χ3n) is 5.74. The molecule has 196 valence electrons. The molecule has 0 saturated carbocycles. The van der Waals surface area contributed by atoms with Crippen LogP contribution in [0.2, 0.25) is 0 Å². The zero-order chi connectivity index (χ0) is 27.5. The van der Waals surface area contributed by atoms with Crippen LogP contribution in [0.25, 0.3) is 0 Å². The second kappa shape index (κ2) is 13.9. The number of carbonyl (C=O) groups is 3. The number of nitrogens with one attached hydrogen (secondary N) is 2. The van der Waals surface area contributed by atoms with Crippen LogP contribution in [0.5, 0.6) is 0 Å². The molecule has 0 unspecified atom stereocenters. The molecule has 0 aliphatic rings. The molecule has 0 aromatic heterocycles. The summed E-state index contributed by atoms with van der Waals surface area (Å²) in [6, 6.07) is 21.2. The van der Waals surface area contributed by atoms with E-state index in [9.17, 15) is 14.4 Å². The van der Waals surface area contributed by atoms with Crippen molar-refractivity contribution in [1.29, 1.82) is 0 Å². The molecule has 0 heterocycles. The van der Waals surface area contributed by atoms with Crippen molar-refractivity contribution in [2.75, 3.05) is 32.1 Å². The van der Waals surface area contributed by atoms with Gasteiger partial charge in [0.2, 0.25) is 5.91 Å². The maximum atomic E-state index is 12.4. The molecule has 0 aliphatic heterocycles. The molecule has 0 fully saturated rings. The summed E-state index contributed by atoms with van der Waals surface area (Å²) in [4.78, 5) is 38.3. The van der Waals surface area contributed by atoms with Crippen LogP contribution in [-0.4, -0.2) is 60.4 Å². The summed E-state index contributed by atoms with van der Waals surface area (Å²) in [6.45, 7) is 2.22. The van der Waals surface area contributed by atoms with E-state index in [1.807, 2.05) is 31.0 Å². The quantitative estimate of drug-likeness (QED) is 0.308. The monoisotopic (exact) mass is 512 g/mol. The number of anilines is 1. The molecule has 38 heavy (non-hydrogen) atoms. The summed E-state index contributed by atoms with van der Waals surface area (Å²) in [6.07, 6.45) is 0. The van der Waals surface area contributed by atoms with Crippen LogP contribution in [0.3, 0.4) is 0 Å². The number of hydrogen-bond acceptors (Lipinski definition) is 6. The number of aliphatic hydroxyl groups is 1. The highest BCUT2D eigenvalue weighted by molar-refractivity contribution is 5.98. The third-order valence-corrected chi connectivity index (χ3v) is 5.74.